The van der Waals surface area contributed by atoms with E-state index < -0.39 is 6.10 Å². The second-order valence-corrected chi connectivity index (χ2v) is 4.97. The Balaban J connectivity index is 2.44. The number of nitrogens with one attached hydrogen (secondary N) is 1. The third-order valence-corrected chi connectivity index (χ3v) is 3.20. The predicted octanol–water partition coefficient (Wildman–Crippen LogP) is 2.52. The summed E-state index contributed by atoms with van der Waals surface area (Å²) in [6.45, 7) is 0.616. The third-order valence-electron chi connectivity index (χ3n) is 2.54. The minimum Gasteiger partial charge on any atom is -0.391 e. The van der Waals surface area contributed by atoms with Crippen LogP contribution in [0.3, 0.4) is 0 Å². The van der Waals surface area contributed by atoms with E-state index in [0.717, 1.165) is 0 Å². The molecule has 0 aliphatic rings. The quantitative estimate of drug-likeness (QED) is 0.760. The van der Waals surface area contributed by atoms with Gasteiger partial charge in [0, 0.05) is 35.3 Å². The van der Waals surface area contributed by atoms with Crippen molar-refractivity contribution in [1.82, 2.24) is 5.32 Å². The minimum atomic E-state index is -0.581. The summed E-state index contributed by atoms with van der Waals surface area (Å²) in [5.41, 5.74) is 0.602. The van der Waals surface area contributed by atoms with Crippen LogP contribution < -0.4 is 5.32 Å². The van der Waals surface area contributed by atoms with Gasteiger partial charge in [-0.05, 0) is 24.6 Å². The Bertz CT molecular complexity index is 457. The number of benzene rings is 1. The van der Waals surface area contributed by atoms with Crippen LogP contribution in [0.2, 0.25) is 10.0 Å². The van der Waals surface area contributed by atoms with Crippen molar-refractivity contribution in [3.63, 3.8) is 0 Å². The molecule has 1 atom stereocenters. The van der Waals surface area contributed by atoms with E-state index in [0.29, 0.717) is 28.6 Å². The predicted molar refractivity (Wildman–Crippen MR) is 81.0 cm³/mol. The minimum absolute atomic E-state index is 0.251. The first-order chi connectivity index (χ1) is 9.54. The second kappa shape index (κ2) is 8.97. The van der Waals surface area contributed by atoms with E-state index in [1.807, 2.05) is 0 Å². The summed E-state index contributed by atoms with van der Waals surface area (Å²) in [5, 5.41) is 13.0. The maximum atomic E-state index is 11.6. The number of amides is 1. The van der Waals surface area contributed by atoms with Crippen LogP contribution in [0, 0.1) is 0 Å². The van der Waals surface area contributed by atoms with Gasteiger partial charge < -0.3 is 15.2 Å². The van der Waals surface area contributed by atoms with Gasteiger partial charge in [0.1, 0.15) is 0 Å². The summed E-state index contributed by atoms with van der Waals surface area (Å²) in [4.78, 5) is 11.6. The van der Waals surface area contributed by atoms with Crippen LogP contribution in [0.5, 0.6) is 0 Å². The summed E-state index contributed by atoms with van der Waals surface area (Å²) in [6.07, 6.45) is 2.77. The molecule has 4 nitrogen and oxygen atoms in total. The number of carbonyl (C=O) groups excluding carboxylic acids is 1. The topological polar surface area (TPSA) is 58.6 Å². The Hall–Kier alpha value is -1.07. The Morgan fingerprint density at radius 2 is 2.10 bits per heavy atom. The van der Waals surface area contributed by atoms with Crippen molar-refractivity contribution >= 4 is 35.2 Å². The Kier molecular flexibility index (Phi) is 7.62. The largest absolute Gasteiger partial charge is 0.391 e. The lowest BCUT2D eigenvalue weighted by Crippen LogP contribution is -2.27. The average molecular weight is 318 g/mol. The number of halogens is 2. The summed E-state index contributed by atoms with van der Waals surface area (Å²) in [5.74, 6) is -0.273. The highest BCUT2D eigenvalue weighted by Gasteiger charge is 2.05. The molecule has 0 saturated heterocycles. The van der Waals surface area contributed by atoms with Crippen LogP contribution in [0.15, 0.2) is 24.3 Å². The zero-order valence-electron chi connectivity index (χ0n) is 11.1. The second-order valence-electron chi connectivity index (χ2n) is 4.16. The molecule has 0 radical (unpaired) electrons. The van der Waals surface area contributed by atoms with Crippen molar-refractivity contribution in [2.75, 3.05) is 20.3 Å². The first kappa shape index (κ1) is 17.0. The maximum Gasteiger partial charge on any atom is 0.244 e. The SMILES string of the molecule is COCC(O)CCNC(=O)/C=C/c1c(Cl)cccc1Cl. The van der Waals surface area contributed by atoms with Gasteiger partial charge in [-0.15, -0.1) is 0 Å². The molecule has 0 aromatic heterocycles. The monoisotopic (exact) mass is 317 g/mol. The summed E-state index contributed by atoms with van der Waals surface area (Å²) in [7, 11) is 1.51. The highest BCUT2D eigenvalue weighted by Crippen LogP contribution is 2.25. The molecule has 2 N–H and O–H groups in total. The highest BCUT2D eigenvalue weighted by molar-refractivity contribution is 6.37. The number of rotatable bonds is 7. The van der Waals surface area contributed by atoms with Gasteiger partial charge in [-0.25, -0.2) is 0 Å². The molecule has 0 fully saturated rings. The number of methoxy groups -OCH3 is 1. The molecule has 110 valence electrons. The molecule has 1 amide bonds. The third kappa shape index (κ3) is 5.92. The van der Waals surface area contributed by atoms with Crippen LogP contribution in [-0.4, -0.2) is 37.4 Å². The highest BCUT2D eigenvalue weighted by atomic mass is 35.5. The molecule has 1 rings (SSSR count). The summed E-state index contributed by atoms with van der Waals surface area (Å²) >= 11 is 12.0. The molecule has 0 heterocycles. The molecule has 0 bridgehead atoms. The van der Waals surface area contributed by atoms with Gasteiger partial charge in [-0.2, -0.15) is 0 Å². The molecule has 0 saturated carbocycles. The van der Waals surface area contributed by atoms with Gasteiger partial charge >= 0.3 is 0 Å². The van der Waals surface area contributed by atoms with E-state index in [1.54, 1.807) is 24.3 Å². The Labute approximate surface area is 128 Å². The average Bonchev–Trinajstić information content (AvgIpc) is 2.38. The van der Waals surface area contributed by atoms with E-state index in [4.69, 9.17) is 27.9 Å². The molecule has 1 aromatic rings. The van der Waals surface area contributed by atoms with E-state index in [1.165, 1.54) is 13.2 Å². The molecular formula is C14H17Cl2NO3. The number of aliphatic hydroxyl groups is 1. The van der Waals surface area contributed by atoms with Crippen molar-refractivity contribution in [1.29, 1.82) is 0 Å². The Morgan fingerprint density at radius 1 is 1.45 bits per heavy atom. The van der Waals surface area contributed by atoms with Crippen molar-refractivity contribution in [3.05, 3.63) is 39.9 Å². The maximum absolute atomic E-state index is 11.6. The molecule has 0 spiro atoms. The zero-order chi connectivity index (χ0) is 15.0. The fourth-order valence-corrected chi connectivity index (χ4v) is 2.05. The van der Waals surface area contributed by atoms with Gasteiger partial charge in [0.25, 0.3) is 0 Å². The van der Waals surface area contributed by atoms with Gasteiger partial charge in [0.05, 0.1) is 12.7 Å². The number of hydrogen-bond donors (Lipinski definition) is 2. The van der Waals surface area contributed by atoms with E-state index in [2.05, 4.69) is 5.32 Å². The lowest BCUT2D eigenvalue weighted by Gasteiger charge is -2.09. The smallest absolute Gasteiger partial charge is 0.244 e. The lowest BCUT2D eigenvalue weighted by atomic mass is 10.2. The van der Waals surface area contributed by atoms with Crippen LogP contribution >= 0.6 is 23.2 Å². The van der Waals surface area contributed by atoms with Gasteiger partial charge in [-0.3, -0.25) is 4.79 Å². The molecule has 20 heavy (non-hydrogen) atoms. The lowest BCUT2D eigenvalue weighted by molar-refractivity contribution is -0.116. The number of carbonyl (C=O) groups is 1. The van der Waals surface area contributed by atoms with Crippen LogP contribution in [0.4, 0.5) is 0 Å². The van der Waals surface area contributed by atoms with Gasteiger partial charge in [0.2, 0.25) is 5.91 Å². The van der Waals surface area contributed by atoms with E-state index >= 15 is 0 Å². The number of hydrogen-bond acceptors (Lipinski definition) is 3. The van der Waals surface area contributed by atoms with Crippen molar-refractivity contribution < 1.29 is 14.6 Å². The van der Waals surface area contributed by atoms with E-state index in [9.17, 15) is 9.90 Å². The van der Waals surface area contributed by atoms with Gasteiger partial charge in [0.15, 0.2) is 0 Å². The van der Waals surface area contributed by atoms with Crippen molar-refractivity contribution in [3.8, 4) is 0 Å². The fraction of sp³-hybridized carbons (Fsp3) is 0.357. The first-order valence-electron chi connectivity index (χ1n) is 6.11. The van der Waals surface area contributed by atoms with Gasteiger partial charge in [-0.1, -0.05) is 29.3 Å². The van der Waals surface area contributed by atoms with Crippen molar-refractivity contribution in [2.45, 2.75) is 12.5 Å². The number of ether oxygens (including phenoxy) is 1. The fourth-order valence-electron chi connectivity index (χ4n) is 1.53. The molecule has 1 aromatic carbocycles. The van der Waals surface area contributed by atoms with Crippen LogP contribution in [0.1, 0.15) is 12.0 Å². The molecular weight excluding hydrogens is 301 g/mol. The standard InChI is InChI=1S/C14H17Cl2NO3/c1-20-9-10(18)7-8-17-14(19)6-5-11-12(15)3-2-4-13(11)16/h2-6,10,18H,7-9H2,1H3,(H,17,19)/b6-5+. The summed E-state index contributed by atoms with van der Waals surface area (Å²) in [6, 6.07) is 5.14. The zero-order valence-corrected chi connectivity index (χ0v) is 12.6. The molecule has 6 heteroatoms. The summed E-state index contributed by atoms with van der Waals surface area (Å²) < 4.78 is 4.79. The first-order valence-corrected chi connectivity index (χ1v) is 6.87. The number of aliphatic hydroxyl groups excluding tert-OH is 1. The molecule has 0 aliphatic carbocycles. The van der Waals surface area contributed by atoms with E-state index in [-0.39, 0.29) is 12.5 Å². The van der Waals surface area contributed by atoms with Crippen LogP contribution in [-0.2, 0) is 9.53 Å². The Morgan fingerprint density at radius 3 is 2.70 bits per heavy atom. The molecule has 0 aliphatic heterocycles. The van der Waals surface area contributed by atoms with Crippen molar-refractivity contribution in [2.24, 2.45) is 0 Å². The molecule has 1 unspecified atom stereocenters. The van der Waals surface area contributed by atoms with Crippen LogP contribution in [0.25, 0.3) is 6.08 Å². The normalized spacial score (nSPS) is 12.6.